The third kappa shape index (κ3) is 4.79. The molecule has 0 aliphatic carbocycles. The number of benzene rings is 2. The van der Waals surface area contributed by atoms with E-state index in [9.17, 15) is 9.18 Å². The number of rotatable bonds is 8. The van der Waals surface area contributed by atoms with E-state index in [4.69, 9.17) is 9.47 Å². The fourth-order valence-corrected chi connectivity index (χ4v) is 2.67. The minimum Gasteiger partial charge on any atom is -0.490 e. The van der Waals surface area contributed by atoms with Crippen LogP contribution in [0.1, 0.15) is 35.8 Å². The minimum absolute atomic E-state index is 0.118. The van der Waals surface area contributed by atoms with Crippen molar-refractivity contribution in [3.63, 3.8) is 0 Å². The number of halogens is 1. The number of amides is 1. The SMILES string of the molecule is CCN(C(=O)c1ccccc1OCCOC)C(C)c1ccc(F)cc1. The predicted molar refractivity (Wildman–Crippen MR) is 95.3 cm³/mol. The average Bonchev–Trinajstić information content (AvgIpc) is 2.63. The molecule has 0 spiro atoms. The topological polar surface area (TPSA) is 38.8 Å². The molecule has 0 aromatic heterocycles. The number of hydrogen-bond acceptors (Lipinski definition) is 3. The molecule has 2 aromatic carbocycles. The molecule has 0 fully saturated rings. The van der Waals surface area contributed by atoms with Crippen molar-refractivity contribution < 1.29 is 18.7 Å². The summed E-state index contributed by atoms with van der Waals surface area (Å²) in [6.45, 7) is 5.21. The first kappa shape index (κ1) is 18.9. The third-order valence-electron chi connectivity index (χ3n) is 4.08. The Morgan fingerprint density at radius 2 is 1.80 bits per heavy atom. The largest absolute Gasteiger partial charge is 0.490 e. The van der Waals surface area contributed by atoms with Gasteiger partial charge in [-0.25, -0.2) is 4.39 Å². The van der Waals surface area contributed by atoms with Gasteiger partial charge in [-0.3, -0.25) is 4.79 Å². The summed E-state index contributed by atoms with van der Waals surface area (Å²) < 4.78 is 23.8. The molecule has 1 amide bonds. The van der Waals surface area contributed by atoms with Crippen molar-refractivity contribution in [3.8, 4) is 5.75 Å². The van der Waals surface area contributed by atoms with Crippen molar-refractivity contribution in [2.45, 2.75) is 19.9 Å². The Morgan fingerprint density at radius 1 is 1.12 bits per heavy atom. The zero-order chi connectivity index (χ0) is 18.2. The lowest BCUT2D eigenvalue weighted by molar-refractivity contribution is 0.0695. The quantitative estimate of drug-likeness (QED) is 0.677. The molecule has 0 N–H and O–H groups in total. The molecule has 0 heterocycles. The van der Waals surface area contributed by atoms with Gasteiger partial charge in [-0.2, -0.15) is 0 Å². The van der Waals surface area contributed by atoms with Crippen molar-refractivity contribution in [3.05, 3.63) is 65.5 Å². The number of ether oxygens (including phenoxy) is 2. The maximum atomic E-state index is 13.1. The van der Waals surface area contributed by atoms with Crippen LogP contribution in [0.5, 0.6) is 5.75 Å². The summed E-state index contributed by atoms with van der Waals surface area (Å²) in [6, 6.07) is 13.2. The molecule has 134 valence electrons. The Kier molecular flexibility index (Phi) is 6.95. The van der Waals surface area contributed by atoms with Gasteiger partial charge in [-0.05, 0) is 43.7 Å². The van der Waals surface area contributed by atoms with E-state index >= 15 is 0 Å². The van der Waals surface area contributed by atoms with Crippen LogP contribution in [-0.2, 0) is 4.74 Å². The molecule has 2 rings (SSSR count). The summed E-state index contributed by atoms with van der Waals surface area (Å²) >= 11 is 0. The van der Waals surface area contributed by atoms with E-state index in [-0.39, 0.29) is 17.8 Å². The average molecular weight is 345 g/mol. The van der Waals surface area contributed by atoms with Crippen LogP contribution in [0.15, 0.2) is 48.5 Å². The fraction of sp³-hybridized carbons (Fsp3) is 0.350. The summed E-state index contributed by atoms with van der Waals surface area (Å²) in [4.78, 5) is 14.8. The standard InChI is InChI=1S/C20H24FNO3/c1-4-22(15(2)16-9-11-17(21)12-10-16)20(23)18-7-5-6-8-19(18)25-14-13-24-3/h5-12,15H,4,13-14H2,1-3H3. The maximum absolute atomic E-state index is 13.1. The fourth-order valence-electron chi connectivity index (χ4n) is 2.67. The second-order valence-electron chi connectivity index (χ2n) is 5.66. The van der Waals surface area contributed by atoms with Gasteiger partial charge in [0.1, 0.15) is 18.2 Å². The minimum atomic E-state index is -0.290. The lowest BCUT2D eigenvalue weighted by atomic mass is 10.0. The Balaban J connectivity index is 2.23. The number of methoxy groups -OCH3 is 1. The second-order valence-corrected chi connectivity index (χ2v) is 5.66. The molecule has 4 nitrogen and oxygen atoms in total. The van der Waals surface area contributed by atoms with Crippen LogP contribution in [0.4, 0.5) is 4.39 Å². The lowest BCUT2D eigenvalue weighted by Crippen LogP contribution is -2.33. The Labute approximate surface area is 148 Å². The smallest absolute Gasteiger partial charge is 0.258 e. The van der Waals surface area contributed by atoms with Crippen LogP contribution < -0.4 is 4.74 Å². The molecule has 5 heteroatoms. The molecule has 2 aromatic rings. The van der Waals surface area contributed by atoms with E-state index in [0.717, 1.165) is 5.56 Å². The number of hydrogen-bond donors (Lipinski definition) is 0. The first-order chi connectivity index (χ1) is 12.1. The summed E-state index contributed by atoms with van der Waals surface area (Å²) in [7, 11) is 1.60. The highest BCUT2D eigenvalue weighted by Gasteiger charge is 2.23. The maximum Gasteiger partial charge on any atom is 0.258 e. The van der Waals surface area contributed by atoms with Crippen LogP contribution >= 0.6 is 0 Å². The van der Waals surface area contributed by atoms with E-state index in [2.05, 4.69) is 0 Å². The van der Waals surface area contributed by atoms with Gasteiger partial charge < -0.3 is 14.4 Å². The zero-order valence-corrected chi connectivity index (χ0v) is 14.9. The number of para-hydroxylation sites is 1. The molecule has 0 saturated carbocycles. The summed E-state index contributed by atoms with van der Waals surface area (Å²) in [6.07, 6.45) is 0. The highest BCUT2D eigenvalue weighted by atomic mass is 19.1. The van der Waals surface area contributed by atoms with E-state index in [0.29, 0.717) is 31.1 Å². The summed E-state index contributed by atoms with van der Waals surface area (Å²) in [5, 5.41) is 0. The first-order valence-corrected chi connectivity index (χ1v) is 8.35. The van der Waals surface area contributed by atoms with E-state index < -0.39 is 0 Å². The van der Waals surface area contributed by atoms with Crippen LogP contribution in [-0.4, -0.2) is 37.7 Å². The Hall–Kier alpha value is -2.40. The number of carbonyl (C=O) groups is 1. The van der Waals surface area contributed by atoms with Gasteiger partial charge in [0.25, 0.3) is 5.91 Å². The number of carbonyl (C=O) groups excluding carboxylic acids is 1. The van der Waals surface area contributed by atoms with Gasteiger partial charge in [-0.1, -0.05) is 24.3 Å². The molecule has 1 unspecified atom stereocenters. The predicted octanol–water partition coefficient (Wildman–Crippen LogP) is 4.07. The lowest BCUT2D eigenvalue weighted by Gasteiger charge is -2.29. The normalized spacial score (nSPS) is 11.8. The van der Waals surface area contributed by atoms with Crippen LogP contribution in [0.2, 0.25) is 0 Å². The van der Waals surface area contributed by atoms with Crippen LogP contribution in [0.25, 0.3) is 0 Å². The van der Waals surface area contributed by atoms with Gasteiger partial charge in [0.2, 0.25) is 0 Å². The van der Waals surface area contributed by atoms with Gasteiger partial charge in [-0.15, -0.1) is 0 Å². The Bertz CT molecular complexity index is 688. The molecular formula is C20H24FNO3. The monoisotopic (exact) mass is 345 g/mol. The highest BCUT2D eigenvalue weighted by Crippen LogP contribution is 2.26. The summed E-state index contributed by atoms with van der Waals surface area (Å²) in [5.74, 6) is 0.129. The first-order valence-electron chi connectivity index (χ1n) is 8.35. The van der Waals surface area contributed by atoms with Crippen LogP contribution in [0, 0.1) is 5.82 Å². The Morgan fingerprint density at radius 3 is 2.44 bits per heavy atom. The molecule has 0 saturated heterocycles. The van der Waals surface area contributed by atoms with E-state index in [1.54, 1.807) is 36.3 Å². The van der Waals surface area contributed by atoms with Crippen molar-refractivity contribution in [1.29, 1.82) is 0 Å². The van der Waals surface area contributed by atoms with Gasteiger partial charge in [0, 0.05) is 13.7 Å². The van der Waals surface area contributed by atoms with Gasteiger partial charge in [0.15, 0.2) is 0 Å². The van der Waals surface area contributed by atoms with Crippen LogP contribution in [0.3, 0.4) is 0 Å². The third-order valence-corrected chi connectivity index (χ3v) is 4.08. The van der Waals surface area contributed by atoms with Crippen molar-refractivity contribution >= 4 is 5.91 Å². The second kappa shape index (κ2) is 9.18. The molecular weight excluding hydrogens is 321 g/mol. The van der Waals surface area contributed by atoms with Crippen molar-refractivity contribution in [2.75, 3.05) is 26.9 Å². The number of nitrogens with zero attached hydrogens (tertiary/aromatic N) is 1. The molecule has 1 atom stereocenters. The van der Waals surface area contributed by atoms with E-state index in [1.807, 2.05) is 26.0 Å². The summed E-state index contributed by atoms with van der Waals surface area (Å²) in [5.41, 5.74) is 1.39. The molecule has 0 aliphatic heterocycles. The van der Waals surface area contributed by atoms with Crippen molar-refractivity contribution in [2.24, 2.45) is 0 Å². The van der Waals surface area contributed by atoms with E-state index in [1.165, 1.54) is 12.1 Å². The van der Waals surface area contributed by atoms with Gasteiger partial charge >= 0.3 is 0 Å². The molecule has 0 aliphatic rings. The molecule has 0 bridgehead atoms. The highest BCUT2D eigenvalue weighted by molar-refractivity contribution is 5.97. The van der Waals surface area contributed by atoms with Gasteiger partial charge in [0.05, 0.1) is 18.2 Å². The molecule has 0 radical (unpaired) electrons. The van der Waals surface area contributed by atoms with Crippen molar-refractivity contribution in [1.82, 2.24) is 4.90 Å². The zero-order valence-electron chi connectivity index (χ0n) is 14.9. The molecule has 25 heavy (non-hydrogen) atoms.